The molecule has 0 aromatic carbocycles. The van der Waals surface area contributed by atoms with Crippen LogP contribution in [0.3, 0.4) is 0 Å². The summed E-state index contributed by atoms with van der Waals surface area (Å²) in [5.41, 5.74) is 0. The molecule has 0 aliphatic heterocycles. The molecule has 0 aliphatic carbocycles. The van der Waals surface area contributed by atoms with Crippen molar-refractivity contribution in [2.75, 3.05) is 0 Å². The Morgan fingerprint density at radius 2 is 2.00 bits per heavy atom. The molecule has 0 radical (unpaired) electrons. The average Bonchev–Trinajstić information content (AvgIpc) is 2.48. The molecule has 2 nitrogen and oxygen atoms in total. The highest BCUT2D eigenvalue weighted by Crippen LogP contribution is 2.14. The predicted molar refractivity (Wildman–Crippen MR) is 52.3 cm³/mol. The van der Waals surface area contributed by atoms with Crippen LogP contribution in [0.1, 0.15) is 45.3 Å². The van der Waals surface area contributed by atoms with Gasteiger partial charge in [0.1, 0.15) is 5.76 Å². The molecule has 1 aromatic rings. The molecule has 70 valence electrons. The smallest absolute Gasteiger partial charge is 0.273 e. The van der Waals surface area contributed by atoms with Crippen molar-refractivity contribution in [3.8, 4) is 11.8 Å². The van der Waals surface area contributed by atoms with E-state index in [1.807, 2.05) is 13.8 Å². The number of hydrogen-bond acceptors (Lipinski definition) is 2. The zero-order chi connectivity index (χ0) is 9.84. The summed E-state index contributed by atoms with van der Waals surface area (Å²) >= 11 is 0. The van der Waals surface area contributed by atoms with Gasteiger partial charge in [-0.05, 0) is 5.92 Å². The first-order valence-corrected chi connectivity index (χ1v) is 4.57. The molecule has 1 rings (SSSR count). The Bertz CT molecular complexity index is 325. The molecule has 0 spiro atoms. The predicted octanol–water partition coefficient (Wildman–Crippen LogP) is 2.81. The van der Waals surface area contributed by atoms with Gasteiger partial charge in [0.15, 0.2) is 0 Å². The van der Waals surface area contributed by atoms with Gasteiger partial charge in [-0.2, -0.15) is 0 Å². The van der Waals surface area contributed by atoms with Gasteiger partial charge in [-0.1, -0.05) is 33.6 Å². The molecule has 0 bridgehead atoms. The molecule has 0 unspecified atom stereocenters. The molecule has 1 aromatic heterocycles. The monoisotopic (exact) mass is 177 g/mol. The molecule has 13 heavy (non-hydrogen) atoms. The second kappa shape index (κ2) is 4.13. The van der Waals surface area contributed by atoms with E-state index in [4.69, 9.17) is 4.42 Å². The highest BCUT2D eigenvalue weighted by atomic mass is 16.4. The number of rotatable bonds is 1. The zero-order valence-corrected chi connectivity index (χ0v) is 8.59. The third-order valence-electron chi connectivity index (χ3n) is 1.56. The van der Waals surface area contributed by atoms with E-state index < -0.39 is 0 Å². The van der Waals surface area contributed by atoms with Crippen molar-refractivity contribution in [3.63, 3.8) is 0 Å². The van der Waals surface area contributed by atoms with Gasteiger partial charge in [-0.3, -0.25) is 0 Å². The lowest BCUT2D eigenvalue weighted by Crippen LogP contribution is -1.81. The molecule has 2 heteroatoms. The molecule has 0 fully saturated rings. The molecule has 0 saturated carbocycles. The first kappa shape index (κ1) is 9.85. The van der Waals surface area contributed by atoms with E-state index in [2.05, 4.69) is 30.7 Å². The van der Waals surface area contributed by atoms with Gasteiger partial charge in [0.05, 0.1) is 6.20 Å². The summed E-state index contributed by atoms with van der Waals surface area (Å²) in [6.07, 6.45) is 1.75. The molecule has 0 atom stereocenters. The van der Waals surface area contributed by atoms with Crippen LogP contribution >= 0.6 is 0 Å². The van der Waals surface area contributed by atoms with Gasteiger partial charge >= 0.3 is 0 Å². The fourth-order valence-electron chi connectivity index (χ4n) is 0.817. The molecule has 0 N–H and O–H groups in total. The number of aromatic nitrogens is 1. The van der Waals surface area contributed by atoms with Gasteiger partial charge in [0.25, 0.3) is 5.89 Å². The summed E-state index contributed by atoms with van der Waals surface area (Å²) < 4.78 is 5.41. The normalized spacial score (nSPS) is 10.3. The van der Waals surface area contributed by atoms with Gasteiger partial charge in [0.2, 0.25) is 0 Å². The SMILES string of the molecule is CC(C)C#Cc1ncc(C(C)C)o1. The van der Waals surface area contributed by atoms with Crippen LogP contribution in [0, 0.1) is 17.8 Å². The van der Waals surface area contributed by atoms with Crippen LogP contribution in [0.15, 0.2) is 10.6 Å². The van der Waals surface area contributed by atoms with E-state index >= 15 is 0 Å². The maximum absolute atomic E-state index is 5.41. The first-order chi connectivity index (χ1) is 6.09. The highest BCUT2D eigenvalue weighted by Gasteiger charge is 2.04. The van der Waals surface area contributed by atoms with Crippen molar-refractivity contribution in [1.82, 2.24) is 4.98 Å². The quantitative estimate of drug-likeness (QED) is 0.616. The minimum atomic E-state index is 0.356. The summed E-state index contributed by atoms with van der Waals surface area (Å²) in [6, 6.07) is 0. The molecule has 0 aliphatic rings. The Labute approximate surface area is 79.4 Å². The van der Waals surface area contributed by atoms with Crippen LogP contribution in [0.4, 0.5) is 0 Å². The van der Waals surface area contributed by atoms with Crippen molar-refractivity contribution in [1.29, 1.82) is 0 Å². The Balaban J connectivity index is 2.77. The Hall–Kier alpha value is -1.23. The standard InChI is InChI=1S/C11H15NO/c1-8(2)5-6-11-12-7-10(13-11)9(3)4/h7-9H,1-4H3. The molecular weight excluding hydrogens is 162 g/mol. The number of oxazole rings is 1. The highest BCUT2D eigenvalue weighted by molar-refractivity contribution is 5.19. The van der Waals surface area contributed by atoms with Crippen LogP contribution in [-0.4, -0.2) is 4.98 Å². The summed E-state index contributed by atoms with van der Waals surface area (Å²) in [5, 5.41) is 0. The van der Waals surface area contributed by atoms with E-state index in [-0.39, 0.29) is 0 Å². The zero-order valence-electron chi connectivity index (χ0n) is 8.59. The maximum Gasteiger partial charge on any atom is 0.273 e. The number of nitrogens with zero attached hydrogens (tertiary/aromatic N) is 1. The molecule has 0 amide bonds. The summed E-state index contributed by atoms with van der Waals surface area (Å²) in [7, 11) is 0. The van der Waals surface area contributed by atoms with Crippen LogP contribution in [0.25, 0.3) is 0 Å². The van der Waals surface area contributed by atoms with Crippen LogP contribution in [0.5, 0.6) is 0 Å². The summed E-state index contributed by atoms with van der Waals surface area (Å²) in [4.78, 5) is 4.07. The van der Waals surface area contributed by atoms with E-state index in [0.717, 1.165) is 5.76 Å². The minimum absolute atomic E-state index is 0.356. The summed E-state index contributed by atoms with van der Waals surface area (Å²) in [5.74, 6) is 8.05. The van der Waals surface area contributed by atoms with Crippen LogP contribution < -0.4 is 0 Å². The van der Waals surface area contributed by atoms with Crippen molar-refractivity contribution >= 4 is 0 Å². The molecule has 0 saturated heterocycles. The van der Waals surface area contributed by atoms with Crippen molar-refractivity contribution in [2.45, 2.75) is 33.6 Å². The van der Waals surface area contributed by atoms with E-state index in [9.17, 15) is 0 Å². The average molecular weight is 177 g/mol. The minimum Gasteiger partial charge on any atom is -0.435 e. The van der Waals surface area contributed by atoms with E-state index in [0.29, 0.717) is 17.7 Å². The van der Waals surface area contributed by atoms with Gasteiger partial charge in [-0.15, -0.1) is 0 Å². The Morgan fingerprint density at radius 1 is 1.31 bits per heavy atom. The molecule has 1 heterocycles. The first-order valence-electron chi connectivity index (χ1n) is 4.57. The number of hydrogen-bond donors (Lipinski definition) is 0. The van der Waals surface area contributed by atoms with Crippen LogP contribution in [-0.2, 0) is 0 Å². The lowest BCUT2D eigenvalue weighted by Gasteiger charge is -1.94. The lowest BCUT2D eigenvalue weighted by atomic mass is 10.2. The second-order valence-electron chi connectivity index (χ2n) is 3.65. The van der Waals surface area contributed by atoms with E-state index in [1.54, 1.807) is 6.20 Å². The largest absolute Gasteiger partial charge is 0.435 e. The van der Waals surface area contributed by atoms with E-state index in [1.165, 1.54) is 0 Å². The Kier molecular flexibility index (Phi) is 3.13. The third-order valence-corrected chi connectivity index (χ3v) is 1.56. The second-order valence-corrected chi connectivity index (χ2v) is 3.65. The van der Waals surface area contributed by atoms with Crippen molar-refractivity contribution in [3.05, 3.63) is 17.8 Å². The fraction of sp³-hybridized carbons (Fsp3) is 0.545. The lowest BCUT2D eigenvalue weighted by molar-refractivity contribution is 0.472. The topological polar surface area (TPSA) is 26.0 Å². The third kappa shape index (κ3) is 2.95. The van der Waals surface area contributed by atoms with Crippen molar-refractivity contribution < 1.29 is 4.42 Å². The Morgan fingerprint density at radius 3 is 2.46 bits per heavy atom. The summed E-state index contributed by atoms with van der Waals surface area (Å²) in [6.45, 7) is 8.22. The van der Waals surface area contributed by atoms with Crippen molar-refractivity contribution in [2.24, 2.45) is 5.92 Å². The van der Waals surface area contributed by atoms with Gasteiger partial charge in [-0.25, -0.2) is 4.98 Å². The maximum atomic E-state index is 5.41. The van der Waals surface area contributed by atoms with Gasteiger partial charge < -0.3 is 4.42 Å². The fourth-order valence-corrected chi connectivity index (χ4v) is 0.817. The van der Waals surface area contributed by atoms with Gasteiger partial charge in [0, 0.05) is 11.8 Å². The molecular formula is C11H15NO. The van der Waals surface area contributed by atoms with Crippen LogP contribution in [0.2, 0.25) is 0 Å².